The van der Waals surface area contributed by atoms with Crippen molar-refractivity contribution in [2.75, 3.05) is 13.2 Å². The molecule has 0 spiro atoms. The summed E-state index contributed by atoms with van der Waals surface area (Å²) in [4.78, 5) is 0. The van der Waals surface area contributed by atoms with Gasteiger partial charge in [-0.15, -0.1) is 0 Å². The van der Waals surface area contributed by atoms with Crippen molar-refractivity contribution in [3.63, 3.8) is 0 Å². The molecule has 2 aliphatic heterocycles. The molecule has 4 nitrogen and oxygen atoms in total. The van der Waals surface area contributed by atoms with Crippen LogP contribution in [0, 0.1) is 0 Å². The van der Waals surface area contributed by atoms with Gasteiger partial charge in [0, 0.05) is 0 Å². The van der Waals surface area contributed by atoms with Gasteiger partial charge in [-0.3, -0.25) is 0 Å². The highest BCUT2D eigenvalue weighted by atomic mass is 16.8. The summed E-state index contributed by atoms with van der Waals surface area (Å²) in [7, 11) is 0. The topological polar surface area (TPSA) is 36.9 Å². The van der Waals surface area contributed by atoms with E-state index in [-0.39, 0.29) is 23.8 Å². The fraction of sp³-hybridized carbons (Fsp3) is 1.00. The van der Waals surface area contributed by atoms with Crippen molar-refractivity contribution >= 4 is 0 Å². The Morgan fingerprint density at radius 2 is 1.14 bits per heavy atom. The third-order valence-electron chi connectivity index (χ3n) is 3.14. The smallest absolute Gasteiger partial charge is 0.210 e. The summed E-state index contributed by atoms with van der Waals surface area (Å²) in [5, 5.41) is 0. The van der Waals surface area contributed by atoms with E-state index in [9.17, 15) is 0 Å². The van der Waals surface area contributed by atoms with Crippen molar-refractivity contribution in [3.8, 4) is 0 Å². The lowest BCUT2D eigenvalue weighted by Gasteiger charge is -2.51. The van der Waals surface area contributed by atoms with E-state index in [1.54, 1.807) is 0 Å². The van der Waals surface area contributed by atoms with E-state index in [1.165, 1.54) is 0 Å². The van der Waals surface area contributed by atoms with Crippen LogP contribution in [0.15, 0.2) is 0 Å². The van der Waals surface area contributed by atoms with Crippen LogP contribution in [-0.2, 0) is 18.9 Å². The highest BCUT2D eigenvalue weighted by molar-refractivity contribution is 4.93. The van der Waals surface area contributed by atoms with Gasteiger partial charge in [0.1, 0.15) is 0 Å². The van der Waals surface area contributed by atoms with Crippen LogP contribution in [0.5, 0.6) is 0 Å². The second-order valence-electron chi connectivity index (χ2n) is 4.73. The Balaban J connectivity index is 2.14. The molecule has 0 aliphatic carbocycles. The Morgan fingerprint density at radius 3 is 1.50 bits per heavy atom. The first-order chi connectivity index (χ1) is 6.42. The zero-order valence-electron chi connectivity index (χ0n) is 9.20. The predicted octanol–water partition coefficient (Wildman–Crippen LogP) is 1.29. The minimum atomic E-state index is -0.383. The van der Waals surface area contributed by atoms with Crippen molar-refractivity contribution < 1.29 is 18.9 Å². The van der Waals surface area contributed by atoms with Crippen LogP contribution in [0.2, 0.25) is 0 Å². The van der Waals surface area contributed by atoms with Gasteiger partial charge in [-0.25, -0.2) is 0 Å². The lowest BCUT2D eigenvalue weighted by Crippen LogP contribution is -2.63. The maximum absolute atomic E-state index is 5.82. The average molecular weight is 202 g/mol. The quantitative estimate of drug-likeness (QED) is 0.593. The molecule has 2 rings (SSSR count). The zero-order valence-corrected chi connectivity index (χ0v) is 9.20. The highest BCUT2D eigenvalue weighted by Gasteiger charge is 2.51. The van der Waals surface area contributed by atoms with Crippen LogP contribution >= 0.6 is 0 Å². The molecule has 2 saturated heterocycles. The van der Waals surface area contributed by atoms with Gasteiger partial charge in [-0.2, -0.15) is 0 Å². The van der Waals surface area contributed by atoms with Crippen molar-refractivity contribution in [1.29, 1.82) is 0 Å². The Labute approximate surface area is 84.5 Å². The van der Waals surface area contributed by atoms with Crippen LogP contribution in [0.3, 0.4) is 0 Å². The minimum Gasteiger partial charge on any atom is -0.346 e. The molecule has 0 aromatic carbocycles. The fourth-order valence-electron chi connectivity index (χ4n) is 1.53. The highest BCUT2D eigenvalue weighted by Crippen LogP contribution is 2.38. The average Bonchev–Trinajstić information content (AvgIpc) is 2.05. The van der Waals surface area contributed by atoms with Gasteiger partial charge < -0.3 is 18.9 Å². The summed E-state index contributed by atoms with van der Waals surface area (Å²) in [5.74, 6) is 0. The Morgan fingerprint density at radius 1 is 0.786 bits per heavy atom. The van der Waals surface area contributed by atoms with E-state index < -0.39 is 0 Å². The lowest BCUT2D eigenvalue weighted by atomic mass is 9.88. The molecule has 2 aliphatic rings. The largest absolute Gasteiger partial charge is 0.346 e. The summed E-state index contributed by atoms with van der Waals surface area (Å²) in [6.45, 7) is 9.15. The van der Waals surface area contributed by atoms with Crippen LogP contribution in [0.1, 0.15) is 27.7 Å². The van der Waals surface area contributed by atoms with Crippen molar-refractivity contribution in [2.24, 2.45) is 0 Å². The fourth-order valence-corrected chi connectivity index (χ4v) is 1.53. The maximum atomic E-state index is 5.82. The van der Waals surface area contributed by atoms with E-state index in [1.807, 2.05) is 27.7 Å². The monoisotopic (exact) mass is 202 g/mol. The van der Waals surface area contributed by atoms with Gasteiger partial charge in [0.15, 0.2) is 0 Å². The third-order valence-corrected chi connectivity index (χ3v) is 3.14. The lowest BCUT2D eigenvalue weighted by molar-refractivity contribution is -0.423. The van der Waals surface area contributed by atoms with Crippen LogP contribution in [0.25, 0.3) is 0 Å². The first kappa shape index (κ1) is 10.4. The van der Waals surface area contributed by atoms with E-state index >= 15 is 0 Å². The molecule has 2 heterocycles. The van der Waals surface area contributed by atoms with Gasteiger partial charge in [0.05, 0.1) is 24.4 Å². The first-order valence-corrected chi connectivity index (χ1v) is 5.01. The van der Waals surface area contributed by atoms with Gasteiger partial charge in [0.2, 0.25) is 12.6 Å². The van der Waals surface area contributed by atoms with Gasteiger partial charge in [0.25, 0.3) is 0 Å². The third kappa shape index (κ3) is 1.56. The molecule has 0 bridgehead atoms. The second kappa shape index (κ2) is 3.17. The SMILES string of the molecule is CC1(C)OC2OCCOC2OC1(C)C. The molecule has 0 aromatic heterocycles. The summed E-state index contributed by atoms with van der Waals surface area (Å²) < 4.78 is 22.5. The molecule has 14 heavy (non-hydrogen) atoms. The summed E-state index contributed by atoms with van der Waals surface area (Å²) in [6, 6.07) is 0. The zero-order chi connectivity index (χ0) is 10.4. The van der Waals surface area contributed by atoms with Gasteiger partial charge in [-0.1, -0.05) is 0 Å². The van der Waals surface area contributed by atoms with Crippen molar-refractivity contribution in [2.45, 2.75) is 51.5 Å². The Bertz CT molecular complexity index is 200. The van der Waals surface area contributed by atoms with E-state index in [0.717, 1.165) is 0 Å². The molecule has 0 amide bonds. The molecule has 82 valence electrons. The second-order valence-corrected chi connectivity index (χ2v) is 4.73. The van der Waals surface area contributed by atoms with Crippen LogP contribution in [-0.4, -0.2) is 37.0 Å². The predicted molar refractivity (Wildman–Crippen MR) is 49.8 cm³/mol. The Kier molecular flexibility index (Phi) is 2.34. The molecular formula is C10H18O4. The molecule has 0 N–H and O–H groups in total. The number of fused-ring (bicyclic) bond motifs is 1. The normalized spacial score (nSPS) is 40.3. The number of hydrogen-bond acceptors (Lipinski definition) is 4. The molecule has 4 heteroatoms. The molecular weight excluding hydrogens is 184 g/mol. The van der Waals surface area contributed by atoms with Crippen LogP contribution < -0.4 is 0 Å². The standard InChI is InChI=1S/C10H18O4/c1-9(2)10(3,4)14-8-7(13-9)11-5-6-12-8/h7-8H,5-6H2,1-4H3. The van der Waals surface area contributed by atoms with Gasteiger partial charge in [-0.05, 0) is 27.7 Å². The van der Waals surface area contributed by atoms with Gasteiger partial charge >= 0.3 is 0 Å². The van der Waals surface area contributed by atoms with E-state index in [0.29, 0.717) is 13.2 Å². The maximum Gasteiger partial charge on any atom is 0.210 e. The Hall–Kier alpha value is -0.160. The van der Waals surface area contributed by atoms with Crippen molar-refractivity contribution in [3.05, 3.63) is 0 Å². The minimum absolute atomic E-state index is 0.366. The van der Waals surface area contributed by atoms with E-state index in [4.69, 9.17) is 18.9 Å². The summed E-state index contributed by atoms with van der Waals surface area (Å²) in [6.07, 6.45) is -0.765. The number of rotatable bonds is 0. The number of hydrogen-bond donors (Lipinski definition) is 0. The van der Waals surface area contributed by atoms with Crippen molar-refractivity contribution in [1.82, 2.24) is 0 Å². The molecule has 0 saturated carbocycles. The summed E-state index contributed by atoms with van der Waals surface area (Å²) >= 11 is 0. The summed E-state index contributed by atoms with van der Waals surface area (Å²) in [5.41, 5.74) is -0.732. The first-order valence-electron chi connectivity index (χ1n) is 5.01. The van der Waals surface area contributed by atoms with E-state index in [2.05, 4.69) is 0 Å². The molecule has 2 unspecified atom stereocenters. The molecule has 0 radical (unpaired) electrons. The molecule has 0 aromatic rings. The van der Waals surface area contributed by atoms with Crippen LogP contribution in [0.4, 0.5) is 0 Å². The number of ether oxygens (including phenoxy) is 4. The molecule has 2 fully saturated rings. The molecule has 2 atom stereocenters.